The average Bonchev–Trinajstić information content (AvgIpc) is 3.15. The summed E-state index contributed by atoms with van der Waals surface area (Å²) >= 11 is 0. The van der Waals surface area contributed by atoms with Crippen molar-refractivity contribution in [3.8, 4) is 0 Å². The third-order valence-electron chi connectivity index (χ3n) is 6.40. The van der Waals surface area contributed by atoms with Crippen LogP contribution in [0.5, 0.6) is 0 Å². The lowest BCUT2D eigenvalue weighted by Gasteiger charge is -2.44. The number of amides is 1. The molecule has 1 saturated carbocycles. The Hall–Kier alpha value is -2.69. The van der Waals surface area contributed by atoms with E-state index in [2.05, 4.69) is 27.1 Å². The van der Waals surface area contributed by atoms with Gasteiger partial charge in [0.1, 0.15) is 0 Å². The van der Waals surface area contributed by atoms with Crippen LogP contribution in [0.2, 0.25) is 0 Å². The van der Waals surface area contributed by atoms with E-state index in [1.54, 1.807) is 6.20 Å². The van der Waals surface area contributed by atoms with Crippen LogP contribution in [0, 0.1) is 5.92 Å². The molecule has 5 rings (SSSR count). The Morgan fingerprint density at radius 1 is 1.04 bits per heavy atom. The second-order valence-corrected chi connectivity index (χ2v) is 8.18. The van der Waals surface area contributed by atoms with Crippen molar-refractivity contribution in [2.75, 3.05) is 6.54 Å². The smallest absolute Gasteiger partial charge is 0.255 e. The number of aromatic nitrogens is 3. The second-order valence-electron chi connectivity index (χ2n) is 8.18. The first kappa shape index (κ1) is 17.4. The highest BCUT2D eigenvalue weighted by molar-refractivity contribution is 5.97. The standard InChI is InChI=1S/C23H26N4O/c28-23(26-12-6-10-18-9-4-5-11-21(18)26)20-13-19-15-25-27(22(19)24-14-20)16-17-7-2-1-3-8-17/h1-3,7-8,13-15,18,21H,4-6,9-12,16H2. The lowest BCUT2D eigenvalue weighted by Crippen LogP contribution is -2.49. The molecule has 3 aromatic rings. The normalized spacial score (nSPS) is 22.2. The number of carbonyl (C=O) groups excluding carboxylic acids is 1. The number of fused-ring (bicyclic) bond motifs is 2. The van der Waals surface area contributed by atoms with E-state index in [0.29, 0.717) is 24.1 Å². The Morgan fingerprint density at radius 3 is 2.75 bits per heavy atom. The van der Waals surface area contributed by atoms with Gasteiger partial charge in [-0.05, 0) is 43.2 Å². The van der Waals surface area contributed by atoms with Gasteiger partial charge >= 0.3 is 0 Å². The van der Waals surface area contributed by atoms with Crippen LogP contribution in [-0.2, 0) is 6.54 Å². The first-order valence-corrected chi connectivity index (χ1v) is 10.5. The first-order valence-electron chi connectivity index (χ1n) is 10.5. The molecule has 1 amide bonds. The van der Waals surface area contributed by atoms with Gasteiger partial charge < -0.3 is 4.90 Å². The van der Waals surface area contributed by atoms with Gasteiger partial charge in [-0.25, -0.2) is 9.67 Å². The topological polar surface area (TPSA) is 51.0 Å². The fourth-order valence-corrected chi connectivity index (χ4v) is 5.00. The number of hydrogen-bond acceptors (Lipinski definition) is 3. The molecule has 5 heteroatoms. The molecule has 0 radical (unpaired) electrons. The van der Waals surface area contributed by atoms with E-state index in [4.69, 9.17) is 0 Å². The number of nitrogens with zero attached hydrogens (tertiary/aromatic N) is 4. The van der Waals surface area contributed by atoms with Crippen molar-refractivity contribution >= 4 is 16.9 Å². The zero-order chi connectivity index (χ0) is 18.9. The first-order chi connectivity index (χ1) is 13.8. The zero-order valence-corrected chi connectivity index (χ0v) is 16.1. The van der Waals surface area contributed by atoms with Gasteiger partial charge in [0.25, 0.3) is 5.91 Å². The quantitative estimate of drug-likeness (QED) is 0.688. The second kappa shape index (κ2) is 7.38. The Kier molecular flexibility index (Phi) is 4.59. The number of pyridine rings is 1. The minimum Gasteiger partial charge on any atom is -0.335 e. The molecule has 1 saturated heterocycles. The van der Waals surface area contributed by atoms with E-state index >= 15 is 0 Å². The maximum Gasteiger partial charge on any atom is 0.255 e. The lowest BCUT2D eigenvalue weighted by atomic mass is 9.78. The van der Waals surface area contributed by atoms with Gasteiger partial charge in [0, 0.05) is 24.2 Å². The summed E-state index contributed by atoms with van der Waals surface area (Å²) in [6.07, 6.45) is 10.9. The fourth-order valence-electron chi connectivity index (χ4n) is 5.00. The van der Waals surface area contributed by atoms with E-state index in [1.165, 1.54) is 31.2 Å². The molecule has 1 aliphatic carbocycles. The van der Waals surface area contributed by atoms with Crippen molar-refractivity contribution < 1.29 is 4.79 Å². The molecule has 0 bridgehead atoms. The van der Waals surface area contributed by atoms with Gasteiger partial charge in [-0.3, -0.25) is 4.79 Å². The molecule has 2 fully saturated rings. The molecule has 1 aromatic carbocycles. The summed E-state index contributed by atoms with van der Waals surface area (Å²) in [6.45, 7) is 1.56. The van der Waals surface area contributed by atoms with Crippen LogP contribution < -0.4 is 0 Å². The van der Waals surface area contributed by atoms with E-state index in [9.17, 15) is 4.79 Å². The monoisotopic (exact) mass is 374 g/mol. The molecule has 2 aromatic heterocycles. The predicted octanol–water partition coefficient (Wildman–Crippen LogP) is 4.27. The Balaban J connectivity index is 1.40. The highest BCUT2D eigenvalue weighted by Gasteiger charge is 2.36. The number of likely N-dealkylation sites (tertiary alicyclic amines) is 1. The third kappa shape index (κ3) is 3.19. The average molecular weight is 374 g/mol. The lowest BCUT2D eigenvalue weighted by molar-refractivity contribution is 0.0390. The van der Waals surface area contributed by atoms with Gasteiger partial charge in [0.15, 0.2) is 5.65 Å². The van der Waals surface area contributed by atoms with Gasteiger partial charge in [-0.2, -0.15) is 5.10 Å². The maximum absolute atomic E-state index is 13.3. The predicted molar refractivity (Wildman–Crippen MR) is 109 cm³/mol. The number of benzene rings is 1. The Morgan fingerprint density at radius 2 is 1.86 bits per heavy atom. The molecule has 1 aliphatic heterocycles. The molecule has 3 heterocycles. The summed E-state index contributed by atoms with van der Waals surface area (Å²) in [7, 11) is 0. The van der Waals surface area contributed by atoms with Crippen LogP contribution in [0.25, 0.3) is 11.0 Å². The van der Waals surface area contributed by atoms with E-state index in [1.807, 2.05) is 35.1 Å². The van der Waals surface area contributed by atoms with Crippen molar-refractivity contribution in [3.05, 3.63) is 59.9 Å². The summed E-state index contributed by atoms with van der Waals surface area (Å²) in [5.41, 5.74) is 2.71. The third-order valence-corrected chi connectivity index (χ3v) is 6.40. The fraction of sp³-hybridized carbons (Fsp3) is 0.435. The summed E-state index contributed by atoms with van der Waals surface area (Å²) in [6, 6.07) is 12.6. The number of piperidine rings is 1. The van der Waals surface area contributed by atoms with Crippen LogP contribution >= 0.6 is 0 Å². The summed E-state index contributed by atoms with van der Waals surface area (Å²) in [4.78, 5) is 20.0. The van der Waals surface area contributed by atoms with Crippen molar-refractivity contribution in [3.63, 3.8) is 0 Å². The largest absolute Gasteiger partial charge is 0.335 e. The minimum absolute atomic E-state index is 0.141. The molecule has 28 heavy (non-hydrogen) atoms. The summed E-state index contributed by atoms with van der Waals surface area (Å²) in [5, 5.41) is 5.43. The SMILES string of the molecule is O=C(c1cnc2c(cnn2Cc2ccccc2)c1)N1CCCC2CCCCC21. The van der Waals surface area contributed by atoms with Crippen LogP contribution in [0.4, 0.5) is 0 Å². The summed E-state index contributed by atoms with van der Waals surface area (Å²) in [5.74, 6) is 0.832. The molecule has 2 atom stereocenters. The van der Waals surface area contributed by atoms with Crippen LogP contribution in [-0.4, -0.2) is 38.2 Å². The van der Waals surface area contributed by atoms with E-state index in [-0.39, 0.29) is 5.91 Å². The molecule has 2 aliphatic rings. The van der Waals surface area contributed by atoms with Crippen molar-refractivity contribution in [1.82, 2.24) is 19.7 Å². The van der Waals surface area contributed by atoms with Crippen molar-refractivity contribution in [2.45, 2.75) is 51.1 Å². The number of carbonyl (C=O) groups is 1. The van der Waals surface area contributed by atoms with Crippen LogP contribution in [0.3, 0.4) is 0 Å². The zero-order valence-electron chi connectivity index (χ0n) is 16.1. The molecule has 0 N–H and O–H groups in total. The van der Waals surface area contributed by atoms with Gasteiger partial charge in [-0.15, -0.1) is 0 Å². The van der Waals surface area contributed by atoms with Gasteiger partial charge in [0.05, 0.1) is 18.3 Å². The molecular weight excluding hydrogens is 348 g/mol. The minimum atomic E-state index is 0.141. The van der Waals surface area contributed by atoms with Crippen LogP contribution in [0.1, 0.15) is 54.4 Å². The van der Waals surface area contributed by atoms with Gasteiger partial charge in [0.2, 0.25) is 0 Å². The molecule has 5 nitrogen and oxygen atoms in total. The Bertz CT molecular complexity index is 979. The van der Waals surface area contributed by atoms with Crippen molar-refractivity contribution in [2.24, 2.45) is 5.92 Å². The van der Waals surface area contributed by atoms with Crippen molar-refractivity contribution in [1.29, 1.82) is 0 Å². The molecule has 2 unspecified atom stereocenters. The molecular formula is C23H26N4O. The highest BCUT2D eigenvalue weighted by Crippen LogP contribution is 2.36. The Labute approximate surface area is 165 Å². The van der Waals surface area contributed by atoms with E-state index < -0.39 is 0 Å². The van der Waals surface area contributed by atoms with Gasteiger partial charge in [-0.1, -0.05) is 43.2 Å². The highest BCUT2D eigenvalue weighted by atomic mass is 16.2. The molecule has 0 spiro atoms. The molecule has 144 valence electrons. The van der Waals surface area contributed by atoms with E-state index in [0.717, 1.165) is 30.4 Å². The van der Waals surface area contributed by atoms with Crippen LogP contribution in [0.15, 0.2) is 48.8 Å². The maximum atomic E-state index is 13.3. The number of rotatable bonds is 3. The number of hydrogen-bond donors (Lipinski definition) is 0. The summed E-state index contributed by atoms with van der Waals surface area (Å²) < 4.78 is 1.90.